The third kappa shape index (κ3) is 2.36. The maximum Gasteiger partial charge on any atom is 0.255 e. The molecular weight excluding hydrogens is 308 g/mol. The van der Waals surface area contributed by atoms with E-state index in [9.17, 15) is 9.59 Å². The van der Waals surface area contributed by atoms with E-state index >= 15 is 0 Å². The highest BCUT2D eigenvalue weighted by Gasteiger charge is 2.33. The van der Waals surface area contributed by atoms with Gasteiger partial charge in [-0.2, -0.15) is 0 Å². The molecule has 4 rings (SSSR count). The van der Waals surface area contributed by atoms with Crippen molar-refractivity contribution in [2.24, 2.45) is 0 Å². The van der Waals surface area contributed by atoms with Gasteiger partial charge >= 0.3 is 0 Å². The van der Waals surface area contributed by atoms with Gasteiger partial charge < -0.3 is 19.7 Å². The molecule has 24 heavy (non-hydrogen) atoms. The average Bonchev–Trinajstić information content (AvgIpc) is 3.18. The lowest BCUT2D eigenvalue weighted by molar-refractivity contribution is -0.120. The van der Waals surface area contributed by atoms with E-state index in [1.54, 1.807) is 36.1 Å². The van der Waals surface area contributed by atoms with Crippen molar-refractivity contribution in [3.8, 4) is 11.5 Å². The molecule has 2 aromatic rings. The molecular formula is C18H16N2O4. The van der Waals surface area contributed by atoms with Crippen LogP contribution in [0.2, 0.25) is 0 Å². The molecule has 2 aromatic carbocycles. The molecule has 2 heterocycles. The van der Waals surface area contributed by atoms with Crippen LogP contribution in [-0.4, -0.2) is 29.5 Å². The number of hydrogen-bond acceptors (Lipinski definition) is 4. The van der Waals surface area contributed by atoms with E-state index in [4.69, 9.17) is 9.47 Å². The molecule has 0 radical (unpaired) electrons. The van der Waals surface area contributed by atoms with Gasteiger partial charge in [-0.1, -0.05) is 18.2 Å². The summed E-state index contributed by atoms with van der Waals surface area (Å²) < 4.78 is 10.6. The quantitative estimate of drug-likeness (QED) is 0.941. The second-order valence-corrected chi connectivity index (χ2v) is 5.82. The Bertz CT molecular complexity index is 834. The topological polar surface area (TPSA) is 67.9 Å². The van der Waals surface area contributed by atoms with E-state index in [0.717, 1.165) is 5.56 Å². The Hall–Kier alpha value is -3.02. The summed E-state index contributed by atoms with van der Waals surface area (Å²) >= 11 is 0. The van der Waals surface area contributed by atoms with Crippen molar-refractivity contribution in [1.82, 2.24) is 4.90 Å². The molecule has 0 aliphatic carbocycles. The molecule has 1 N–H and O–H groups in total. The number of hydrogen-bond donors (Lipinski definition) is 1. The maximum absolute atomic E-state index is 12.5. The summed E-state index contributed by atoms with van der Waals surface area (Å²) in [5.74, 6) is 0.908. The van der Waals surface area contributed by atoms with Crippen molar-refractivity contribution in [3.05, 3.63) is 53.6 Å². The first-order valence-electron chi connectivity index (χ1n) is 7.73. The smallest absolute Gasteiger partial charge is 0.255 e. The Morgan fingerprint density at radius 1 is 1.17 bits per heavy atom. The summed E-state index contributed by atoms with van der Waals surface area (Å²) in [5, 5.41) is 2.83. The third-order valence-electron chi connectivity index (χ3n) is 4.34. The highest BCUT2D eigenvalue weighted by Crippen LogP contribution is 2.34. The number of ether oxygens (including phenoxy) is 2. The summed E-state index contributed by atoms with van der Waals surface area (Å²) in [5.41, 5.74) is 2.23. The molecule has 122 valence electrons. The largest absolute Gasteiger partial charge is 0.454 e. The lowest BCUT2D eigenvalue weighted by Crippen LogP contribution is -2.42. The second kappa shape index (κ2) is 5.56. The van der Waals surface area contributed by atoms with E-state index in [-0.39, 0.29) is 18.6 Å². The van der Waals surface area contributed by atoms with Crippen molar-refractivity contribution in [2.75, 3.05) is 12.1 Å². The lowest BCUT2D eigenvalue weighted by Gasteiger charge is -2.23. The van der Waals surface area contributed by atoms with Gasteiger partial charge in [-0.05, 0) is 30.7 Å². The minimum atomic E-state index is -0.574. The summed E-state index contributed by atoms with van der Waals surface area (Å²) in [6.45, 7) is 2.36. The minimum Gasteiger partial charge on any atom is -0.454 e. The van der Waals surface area contributed by atoms with Crippen LogP contribution in [0.5, 0.6) is 11.5 Å². The molecule has 0 aromatic heterocycles. The van der Waals surface area contributed by atoms with Gasteiger partial charge in [-0.15, -0.1) is 0 Å². The fourth-order valence-electron chi connectivity index (χ4n) is 2.95. The molecule has 2 aliphatic heterocycles. The third-order valence-corrected chi connectivity index (χ3v) is 4.34. The van der Waals surface area contributed by atoms with Crippen LogP contribution in [0.3, 0.4) is 0 Å². The van der Waals surface area contributed by atoms with Crippen molar-refractivity contribution >= 4 is 17.5 Å². The van der Waals surface area contributed by atoms with Crippen LogP contribution in [0.1, 0.15) is 22.8 Å². The van der Waals surface area contributed by atoms with Gasteiger partial charge in [0.25, 0.3) is 5.91 Å². The van der Waals surface area contributed by atoms with Gasteiger partial charge in [-0.3, -0.25) is 9.59 Å². The van der Waals surface area contributed by atoms with Crippen LogP contribution < -0.4 is 14.8 Å². The van der Waals surface area contributed by atoms with Crippen LogP contribution in [0, 0.1) is 0 Å². The van der Waals surface area contributed by atoms with Crippen molar-refractivity contribution in [2.45, 2.75) is 19.5 Å². The zero-order chi connectivity index (χ0) is 16.7. The van der Waals surface area contributed by atoms with E-state index in [1.165, 1.54) is 0 Å². The van der Waals surface area contributed by atoms with Crippen LogP contribution >= 0.6 is 0 Å². The normalized spacial score (nSPS) is 16.0. The Morgan fingerprint density at radius 2 is 1.96 bits per heavy atom. The standard InChI is InChI=1S/C18H16N2O4/c1-11(20-9-12-4-2-3-5-14(12)18(20)22)17(21)19-13-6-7-15-16(8-13)24-10-23-15/h2-8,11H,9-10H2,1H3,(H,19,21)/t11-/m0/s1. The first-order chi connectivity index (χ1) is 11.6. The Balaban J connectivity index is 1.48. The van der Waals surface area contributed by atoms with Gasteiger partial charge in [-0.25, -0.2) is 0 Å². The maximum atomic E-state index is 12.5. The Kier molecular flexibility index (Phi) is 3.37. The Labute approximate surface area is 139 Å². The SMILES string of the molecule is C[C@@H](C(=O)Nc1ccc2c(c1)OCO2)N1Cc2ccccc2C1=O. The molecule has 2 aliphatic rings. The number of rotatable bonds is 3. The highest BCUT2D eigenvalue weighted by atomic mass is 16.7. The molecule has 0 unspecified atom stereocenters. The van der Waals surface area contributed by atoms with Gasteiger partial charge in [0.2, 0.25) is 12.7 Å². The van der Waals surface area contributed by atoms with Crippen molar-refractivity contribution in [1.29, 1.82) is 0 Å². The van der Waals surface area contributed by atoms with Crippen LogP contribution in [0.25, 0.3) is 0 Å². The summed E-state index contributed by atoms with van der Waals surface area (Å²) in [6.07, 6.45) is 0. The van der Waals surface area contributed by atoms with Gasteiger partial charge in [0.15, 0.2) is 11.5 Å². The minimum absolute atomic E-state index is 0.112. The predicted octanol–water partition coefficient (Wildman–Crippen LogP) is 2.40. The zero-order valence-electron chi connectivity index (χ0n) is 13.1. The van der Waals surface area contributed by atoms with Gasteiger partial charge in [0.05, 0.1) is 0 Å². The van der Waals surface area contributed by atoms with Crippen molar-refractivity contribution < 1.29 is 19.1 Å². The van der Waals surface area contributed by atoms with E-state index < -0.39 is 6.04 Å². The first kappa shape index (κ1) is 14.6. The zero-order valence-corrected chi connectivity index (χ0v) is 13.1. The number of nitrogens with zero attached hydrogens (tertiary/aromatic N) is 1. The fraction of sp³-hybridized carbons (Fsp3) is 0.222. The average molecular weight is 324 g/mol. The molecule has 1 atom stereocenters. The monoisotopic (exact) mass is 324 g/mol. The Morgan fingerprint density at radius 3 is 2.79 bits per heavy atom. The molecule has 0 saturated heterocycles. The number of amides is 2. The molecule has 0 spiro atoms. The fourth-order valence-corrected chi connectivity index (χ4v) is 2.95. The number of nitrogens with one attached hydrogen (secondary N) is 1. The van der Waals surface area contributed by atoms with Crippen LogP contribution in [0.15, 0.2) is 42.5 Å². The molecule has 0 saturated carbocycles. The summed E-state index contributed by atoms with van der Waals surface area (Å²) in [6, 6.07) is 12.1. The van der Waals surface area contributed by atoms with Crippen LogP contribution in [0.4, 0.5) is 5.69 Å². The number of carbonyl (C=O) groups excluding carboxylic acids is 2. The summed E-state index contributed by atoms with van der Waals surface area (Å²) in [7, 11) is 0. The molecule has 6 heteroatoms. The first-order valence-corrected chi connectivity index (χ1v) is 7.73. The molecule has 0 bridgehead atoms. The molecule has 6 nitrogen and oxygen atoms in total. The number of fused-ring (bicyclic) bond motifs is 2. The highest BCUT2D eigenvalue weighted by molar-refractivity contribution is 6.03. The summed E-state index contributed by atoms with van der Waals surface area (Å²) in [4.78, 5) is 26.6. The number of benzene rings is 2. The van der Waals surface area contributed by atoms with E-state index in [1.807, 2.05) is 18.2 Å². The van der Waals surface area contributed by atoms with Crippen molar-refractivity contribution in [3.63, 3.8) is 0 Å². The van der Waals surface area contributed by atoms with Crippen LogP contribution in [-0.2, 0) is 11.3 Å². The predicted molar refractivity (Wildman–Crippen MR) is 87.0 cm³/mol. The lowest BCUT2D eigenvalue weighted by atomic mass is 10.1. The van der Waals surface area contributed by atoms with E-state index in [0.29, 0.717) is 29.3 Å². The van der Waals surface area contributed by atoms with Gasteiger partial charge in [0, 0.05) is 23.9 Å². The molecule has 0 fully saturated rings. The van der Waals surface area contributed by atoms with Gasteiger partial charge in [0.1, 0.15) is 6.04 Å². The number of carbonyl (C=O) groups is 2. The molecule has 2 amide bonds. The van der Waals surface area contributed by atoms with E-state index in [2.05, 4.69) is 5.32 Å². The number of anilines is 1. The second-order valence-electron chi connectivity index (χ2n) is 5.82.